The number of furan rings is 1. The van der Waals surface area contributed by atoms with Gasteiger partial charge in [0.25, 0.3) is 0 Å². The van der Waals surface area contributed by atoms with Crippen LogP contribution in [0.25, 0.3) is 120 Å². The zero-order valence-electron chi connectivity index (χ0n) is 37.3. The van der Waals surface area contributed by atoms with Crippen LogP contribution in [-0.2, 0) is 0 Å². The summed E-state index contributed by atoms with van der Waals surface area (Å²) in [5.74, 6) is 0. The van der Waals surface area contributed by atoms with Gasteiger partial charge in [0.15, 0.2) is 0 Å². The molecule has 0 fully saturated rings. The molecular formula is C54H32O. The monoisotopic (exact) mass is 704 g/mol. The number of benzene rings is 11. The lowest BCUT2D eigenvalue weighted by atomic mass is 9.83. The molecule has 0 saturated heterocycles. The maximum atomic E-state index is 9.58. The van der Waals surface area contributed by atoms with Crippen LogP contribution in [0.1, 0.15) is 11.0 Å². The van der Waals surface area contributed by atoms with Crippen molar-refractivity contribution in [2.24, 2.45) is 0 Å². The molecular weight excluding hydrogens is 665 g/mol. The second kappa shape index (κ2) is 11.6. The van der Waals surface area contributed by atoms with Crippen LogP contribution in [0.2, 0.25) is 0 Å². The van der Waals surface area contributed by atoms with Gasteiger partial charge in [-0.15, -0.1) is 0 Å². The van der Waals surface area contributed by atoms with Gasteiger partial charge in [-0.1, -0.05) is 176 Å². The van der Waals surface area contributed by atoms with Crippen molar-refractivity contribution in [3.63, 3.8) is 0 Å². The molecule has 12 rings (SSSR count). The molecule has 0 atom stereocenters. The molecule has 0 N–H and O–H groups in total. The van der Waals surface area contributed by atoms with Gasteiger partial charge in [0.2, 0.25) is 0 Å². The first-order valence-corrected chi connectivity index (χ1v) is 18.4. The van der Waals surface area contributed by atoms with E-state index in [1.807, 2.05) is 103 Å². The van der Waals surface area contributed by atoms with E-state index in [1.165, 1.54) is 0 Å². The summed E-state index contributed by atoms with van der Waals surface area (Å²) in [6.07, 6.45) is 0. The van der Waals surface area contributed by atoms with Gasteiger partial charge in [0, 0.05) is 16.2 Å². The van der Waals surface area contributed by atoms with Crippen LogP contribution in [0, 0.1) is 0 Å². The predicted octanol–water partition coefficient (Wildman–Crippen LogP) is 15.5. The fraction of sp³-hybridized carbons (Fsp3) is 0. The van der Waals surface area contributed by atoms with Gasteiger partial charge < -0.3 is 4.42 Å². The van der Waals surface area contributed by atoms with Crippen molar-refractivity contribution in [3.05, 3.63) is 194 Å². The van der Waals surface area contributed by atoms with Crippen molar-refractivity contribution in [1.29, 1.82) is 0 Å². The van der Waals surface area contributed by atoms with Gasteiger partial charge in [0.1, 0.15) is 11.2 Å². The van der Waals surface area contributed by atoms with Crippen molar-refractivity contribution in [1.82, 2.24) is 0 Å². The Morgan fingerprint density at radius 2 is 0.909 bits per heavy atom. The Bertz CT molecular complexity index is 3920. The maximum Gasteiger partial charge on any atom is 0.143 e. The summed E-state index contributed by atoms with van der Waals surface area (Å²) in [7, 11) is 0. The Morgan fingerprint density at radius 3 is 1.64 bits per heavy atom. The SMILES string of the molecule is [2H]c1c([2H])c([2H])c2c(-c3cc4ccc5ccccc5c4c4ccccc34)c3c([2H])c([2H])c([2H])c([2H])c3c(-c3ccc(-c4cccc5oc6c7ccccc7ccc6c45)cc3)c2c1[2H]. The van der Waals surface area contributed by atoms with Crippen LogP contribution in [0.15, 0.2) is 198 Å². The quantitative estimate of drug-likeness (QED) is 0.132. The molecule has 0 aliphatic carbocycles. The van der Waals surface area contributed by atoms with E-state index in [4.69, 9.17) is 9.90 Å². The highest BCUT2D eigenvalue weighted by Crippen LogP contribution is 2.48. The second-order valence-electron chi connectivity index (χ2n) is 14.1. The molecule has 0 aliphatic heterocycles. The topological polar surface area (TPSA) is 13.1 Å². The van der Waals surface area contributed by atoms with E-state index < -0.39 is 24.2 Å². The van der Waals surface area contributed by atoms with E-state index in [0.29, 0.717) is 22.3 Å². The first-order valence-electron chi connectivity index (χ1n) is 22.4. The first kappa shape index (κ1) is 23.4. The van der Waals surface area contributed by atoms with E-state index >= 15 is 0 Å². The smallest absolute Gasteiger partial charge is 0.143 e. The van der Waals surface area contributed by atoms with Gasteiger partial charge in [0.05, 0.1) is 11.0 Å². The van der Waals surface area contributed by atoms with Crippen LogP contribution in [0.3, 0.4) is 0 Å². The molecule has 55 heavy (non-hydrogen) atoms. The van der Waals surface area contributed by atoms with E-state index in [2.05, 4.69) is 42.5 Å². The third kappa shape index (κ3) is 4.41. The molecule has 0 amide bonds. The highest BCUT2D eigenvalue weighted by Gasteiger charge is 2.20. The lowest BCUT2D eigenvalue weighted by Gasteiger charge is -2.20. The number of hydrogen-bond donors (Lipinski definition) is 0. The number of rotatable bonds is 3. The van der Waals surface area contributed by atoms with Crippen molar-refractivity contribution >= 4 is 86.6 Å². The minimum atomic E-state index is -0.433. The molecule has 0 radical (unpaired) electrons. The van der Waals surface area contributed by atoms with Gasteiger partial charge in [-0.05, 0) is 111 Å². The Kier molecular flexibility index (Phi) is 4.96. The lowest BCUT2D eigenvalue weighted by Crippen LogP contribution is -1.92. The Morgan fingerprint density at radius 1 is 0.345 bits per heavy atom. The molecule has 1 heterocycles. The zero-order valence-corrected chi connectivity index (χ0v) is 29.3. The molecule has 11 aromatic carbocycles. The van der Waals surface area contributed by atoms with Gasteiger partial charge >= 0.3 is 0 Å². The van der Waals surface area contributed by atoms with Crippen LogP contribution in [-0.4, -0.2) is 0 Å². The van der Waals surface area contributed by atoms with Crippen molar-refractivity contribution < 1.29 is 15.4 Å². The molecule has 1 heteroatoms. The molecule has 0 spiro atoms. The zero-order chi connectivity index (χ0) is 43.0. The van der Waals surface area contributed by atoms with E-state index in [-0.39, 0.29) is 45.7 Å². The van der Waals surface area contributed by atoms with Crippen molar-refractivity contribution in [2.75, 3.05) is 0 Å². The van der Waals surface area contributed by atoms with Crippen molar-refractivity contribution in [3.8, 4) is 33.4 Å². The van der Waals surface area contributed by atoms with Crippen LogP contribution in [0.5, 0.6) is 0 Å². The molecule has 0 bridgehead atoms. The normalized spacial score (nSPS) is 14.0. The fourth-order valence-electron chi connectivity index (χ4n) is 8.88. The maximum absolute atomic E-state index is 9.58. The molecule has 12 aromatic rings. The van der Waals surface area contributed by atoms with E-state index in [0.717, 1.165) is 76.2 Å². The van der Waals surface area contributed by atoms with Gasteiger partial charge in [-0.25, -0.2) is 0 Å². The minimum Gasteiger partial charge on any atom is -0.455 e. The number of hydrogen-bond acceptors (Lipinski definition) is 1. The standard InChI is InChI=1S/C54H32O/c1-3-14-38-33(12-1)26-29-37-32-48(41-16-5-6-17-42(41)51(37)38)52-45-20-9-7-18-43(45)50(44-19-8-10-21-46(44)52)36-27-24-35(25-28-36)39-22-11-23-49-53(39)47-31-30-34-13-2-4-15-40(34)54(47)55-49/h1-32H/i7D,8D,9D,10D,18D,19D,20D,21D. The average molecular weight is 705 g/mol. The third-order valence-electron chi connectivity index (χ3n) is 11.3. The van der Waals surface area contributed by atoms with E-state index in [9.17, 15) is 5.48 Å². The second-order valence-corrected chi connectivity index (χ2v) is 14.1. The molecule has 0 aliphatic rings. The molecule has 0 unspecified atom stereocenters. The van der Waals surface area contributed by atoms with Gasteiger partial charge in [-0.3, -0.25) is 0 Å². The van der Waals surface area contributed by atoms with Gasteiger partial charge in [-0.2, -0.15) is 0 Å². The largest absolute Gasteiger partial charge is 0.455 e. The first-order chi connectivity index (χ1) is 30.6. The van der Waals surface area contributed by atoms with Crippen LogP contribution in [0.4, 0.5) is 0 Å². The van der Waals surface area contributed by atoms with Crippen LogP contribution < -0.4 is 0 Å². The van der Waals surface area contributed by atoms with Crippen molar-refractivity contribution in [2.45, 2.75) is 0 Å². The average Bonchev–Trinajstić information content (AvgIpc) is 3.72. The Balaban J connectivity index is 1.19. The molecule has 0 saturated carbocycles. The summed E-state index contributed by atoms with van der Waals surface area (Å²) in [5, 5.41) is 10.5. The summed E-state index contributed by atoms with van der Waals surface area (Å²) >= 11 is 0. The molecule has 1 nitrogen and oxygen atoms in total. The lowest BCUT2D eigenvalue weighted by molar-refractivity contribution is 0.673. The summed E-state index contributed by atoms with van der Waals surface area (Å²) in [5.41, 5.74) is 5.16. The summed E-state index contributed by atoms with van der Waals surface area (Å²) < 4.78 is 80.6. The summed E-state index contributed by atoms with van der Waals surface area (Å²) in [6.45, 7) is 0. The summed E-state index contributed by atoms with van der Waals surface area (Å²) in [4.78, 5) is 0. The third-order valence-corrected chi connectivity index (χ3v) is 11.3. The molecule has 254 valence electrons. The summed E-state index contributed by atoms with van der Waals surface area (Å²) in [6, 6.07) is 45.2. The minimum absolute atomic E-state index is 0.179. The number of fused-ring (bicyclic) bond motifs is 12. The van der Waals surface area contributed by atoms with E-state index in [1.54, 1.807) is 0 Å². The molecule has 1 aromatic heterocycles. The predicted molar refractivity (Wildman–Crippen MR) is 235 cm³/mol. The van der Waals surface area contributed by atoms with Crippen LogP contribution >= 0.6 is 0 Å². The Hall–Kier alpha value is -7.22. The fourth-order valence-corrected chi connectivity index (χ4v) is 8.88. The Labute approximate surface area is 328 Å². The highest BCUT2D eigenvalue weighted by atomic mass is 16.3. The highest BCUT2D eigenvalue weighted by molar-refractivity contribution is 6.28.